The standard InChI is InChI=1S/C20H22FSi/c1-14-2-5-19(12-20(14)21)18-10-8-17(9-11-18)16-6-3-15(13-22)4-7-16/h2,5,8-12,15-16H,3-4,6-7,13H2,1H3. The molecule has 1 aliphatic rings. The first-order chi connectivity index (χ1) is 10.7. The Morgan fingerprint density at radius 3 is 2.18 bits per heavy atom. The van der Waals surface area contributed by atoms with Crippen molar-refractivity contribution in [3.63, 3.8) is 0 Å². The zero-order valence-electron chi connectivity index (χ0n) is 13.1. The van der Waals surface area contributed by atoms with E-state index in [1.165, 1.54) is 31.2 Å². The fourth-order valence-electron chi connectivity index (χ4n) is 3.42. The van der Waals surface area contributed by atoms with Crippen LogP contribution in [0.1, 0.15) is 42.7 Å². The number of halogens is 1. The van der Waals surface area contributed by atoms with Gasteiger partial charge < -0.3 is 0 Å². The molecule has 0 nitrogen and oxygen atoms in total. The second-order valence-corrected chi connectivity index (χ2v) is 6.92. The van der Waals surface area contributed by atoms with Crippen molar-refractivity contribution in [3.05, 3.63) is 59.4 Å². The van der Waals surface area contributed by atoms with E-state index in [9.17, 15) is 4.39 Å². The van der Waals surface area contributed by atoms with E-state index in [0.717, 1.165) is 23.1 Å². The molecular formula is C20H22FSi. The quantitative estimate of drug-likeness (QED) is 0.642. The van der Waals surface area contributed by atoms with Crippen molar-refractivity contribution in [1.29, 1.82) is 0 Å². The molecule has 0 atom stereocenters. The summed E-state index contributed by atoms with van der Waals surface area (Å²) in [5.74, 6) is 1.41. The number of hydrogen-bond donors (Lipinski definition) is 0. The van der Waals surface area contributed by atoms with Gasteiger partial charge in [0.25, 0.3) is 0 Å². The zero-order valence-corrected chi connectivity index (χ0v) is 14.1. The maximum absolute atomic E-state index is 13.7. The minimum absolute atomic E-state index is 0.130. The summed E-state index contributed by atoms with van der Waals surface area (Å²) in [5.41, 5.74) is 4.18. The van der Waals surface area contributed by atoms with Crippen LogP contribution in [0.2, 0.25) is 6.04 Å². The highest BCUT2D eigenvalue weighted by Gasteiger charge is 2.21. The van der Waals surface area contributed by atoms with Gasteiger partial charge in [0.05, 0.1) is 0 Å². The van der Waals surface area contributed by atoms with Gasteiger partial charge >= 0.3 is 0 Å². The highest BCUT2D eigenvalue weighted by atomic mass is 28.1. The lowest BCUT2D eigenvalue weighted by molar-refractivity contribution is 0.348. The summed E-state index contributed by atoms with van der Waals surface area (Å²) in [5, 5.41) is 0. The van der Waals surface area contributed by atoms with Crippen LogP contribution in [0.3, 0.4) is 0 Å². The second kappa shape index (κ2) is 6.78. The molecule has 0 amide bonds. The molecule has 0 aromatic heterocycles. The van der Waals surface area contributed by atoms with Gasteiger partial charge in [-0.1, -0.05) is 55.3 Å². The molecule has 2 aromatic rings. The van der Waals surface area contributed by atoms with Crippen molar-refractivity contribution in [2.45, 2.75) is 44.6 Å². The maximum Gasteiger partial charge on any atom is 0.126 e. The Labute approximate surface area is 136 Å². The molecule has 0 aliphatic heterocycles. The first-order valence-corrected chi connectivity index (χ1v) is 8.89. The number of aryl methyl sites for hydroxylation is 1. The average molecular weight is 309 g/mol. The summed E-state index contributed by atoms with van der Waals surface area (Å²) >= 11 is 0. The number of benzene rings is 2. The van der Waals surface area contributed by atoms with E-state index < -0.39 is 0 Å². The summed E-state index contributed by atoms with van der Waals surface area (Å²) in [6.45, 7) is 1.80. The molecule has 22 heavy (non-hydrogen) atoms. The Balaban J connectivity index is 1.74. The van der Waals surface area contributed by atoms with Crippen LogP contribution in [-0.2, 0) is 0 Å². The summed E-state index contributed by atoms with van der Waals surface area (Å²) in [6.07, 6.45) is 5.21. The minimum atomic E-state index is -0.130. The lowest BCUT2D eigenvalue weighted by Crippen LogP contribution is -2.12. The van der Waals surface area contributed by atoms with E-state index in [4.69, 9.17) is 0 Å². The van der Waals surface area contributed by atoms with Gasteiger partial charge in [0.1, 0.15) is 5.82 Å². The highest BCUT2D eigenvalue weighted by molar-refractivity contribution is 6.08. The molecule has 0 bridgehead atoms. The van der Waals surface area contributed by atoms with Crippen LogP contribution < -0.4 is 0 Å². The predicted molar refractivity (Wildman–Crippen MR) is 91.8 cm³/mol. The van der Waals surface area contributed by atoms with Crippen LogP contribution in [0.4, 0.5) is 4.39 Å². The van der Waals surface area contributed by atoms with Crippen LogP contribution in [0, 0.1) is 18.7 Å². The molecular weight excluding hydrogens is 287 g/mol. The van der Waals surface area contributed by atoms with Gasteiger partial charge in [0.2, 0.25) is 0 Å². The molecule has 0 heterocycles. The van der Waals surface area contributed by atoms with Gasteiger partial charge in [-0.05, 0) is 59.9 Å². The van der Waals surface area contributed by atoms with E-state index in [1.807, 2.05) is 12.1 Å². The lowest BCUT2D eigenvalue weighted by Gasteiger charge is -2.28. The fourth-order valence-corrected chi connectivity index (χ4v) is 3.83. The molecule has 3 radical (unpaired) electrons. The SMILES string of the molecule is Cc1ccc(-c2ccc(C3CCC(C[Si])CC3)cc2)cc1F. The normalized spacial score (nSPS) is 21.8. The summed E-state index contributed by atoms with van der Waals surface area (Å²) in [7, 11) is 3.65. The smallest absolute Gasteiger partial charge is 0.126 e. The third-order valence-electron chi connectivity index (χ3n) is 5.02. The fraction of sp³-hybridized carbons (Fsp3) is 0.400. The van der Waals surface area contributed by atoms with Crippen LogP contribution in [-0.4, -0.2) is 10.2 Å². The molecule has 3 rings (SSSR count). The molecule has 0 spiro atoms. The van der Waals surface area contributed by atoms with Crippen molar-refractivity contribution in [2.75, 3.05) is 0 Å². The van der Waals surface area contributed by atoms with Crippen LogP contribution in [0.15, 0.2) is 42.5 Å². The molecule has 0 unspecified atom stereocenters. The summed E-state index contributed by atoms with van der Waals surface area (Å²) in [6, 6.07) is 15.3. The Hall–Kier alpha value is -1.41. The Bertz CT molecular complexity index is 625. The van der Waals surface area contributed by atoms with Crippen molar-refractivity contribution in [2.24, 2.45) is 5.92 Å². The van der Waals surface area contributed by atoms with Gasteiger partial charge in [0, 0.05) is 10.2 Å². The number of rotatable bonds is 3. The Morgan fingerprint density at radius 1 is 0.955 bits per heavy atom. The molecule has 1 fully saturated rings. The zero-order chi connectivity index (χ0) is 15.5. The van der Waals surface area contributed by atoms with E-state index >= 15 is 0 Å². The molecule has 0 saturated heterocycles. The second-order valence-electron chi connectivity index (χ2n) is 6.51. The molecule has 2 heteroatoms. The lowest BCUT2D eigenvalue weighted by atomic mass is 9.79. The predicted octanol–water partition coefficient (Wildman–Crippen LogP) is 5.66. The third-order valence-corrected chi connectivity index (χ3v) is 5.60. The minimum Gasteiger partial charge on any atom is -0.207 e. The maximum atomic E-state index is 13.7. The third kappa shape index (κ3) is 3.32. The van der Waals surface area contributed by atoms with Gasteiger partial charge in [0.15, 0.2) is 0 Å². The first kappa shape index (κ1) is 15.5. The van der Waals surface area contributed by atoms with E-state index in [2.05, 4.69) is 34.5 Å². The molecule has 113 valence electrons. The van der Waals surface area contributed by atoms with Gasteiger partial charge in [-0.25, -0.2) is 4.39 Å². The molecule has 1 saturated carbocycles. The van der Waals surface area contributed by atoms with Crippen molar-refractivity contribution < 1.29 is 4.39 Å². The molecule has 1 aliphatic carbocycles. The van der Waals surface area contributed by atoms with Crippen LogP contribution >= 0.6 is 0 Å². The van der Waals surface area contributed by atoms with Gasteiger partial charge in [-0.2, -0.15) is 0 Å². The highest BCUT2D eigenvalue weighted by Crippen LogP contribution is 2.37. The summed E-state index contributed by atoms with van der Waals surface area (Å²) < 4.78 is 13.7. The Morgan fingerprint density at radius 2 is 1.59 bits per heavy atom. The molecule has 2 aromatic carbocycles. The van der Waals surface area contributed by atoms with Crippen molar-refractivity contribution >= 4 is 10.2 Å². The van der Waals surface area contributed by atoms with Crippen LogP contribution in [0.5, 0.6) is 0 Å². The number of hydrogen-bond acceptors (Lipinski definition) is 0. The van der Waals surface area contributed by atoms with E-state index in [-0.39, 0.29) is 5.82 Å². The first-order valence-electron chi connectivity index (χ1n) is 8.18. The van der Waals surface area contributed by atoms with E-state index in [0.29, 0.717) is 11.5 Å². The topological polar surface area (TPSA) is 0 Å². The van der Waals surface area contributed by atoms with Crippen molar-refractivity contribution in [3.8, 4) is 11.1 Å². The van der Waals surface area contributed by atoms with Gasteiger partial charge in [-0.3, -0.25) is 0 Å². The average Bonchev–Trinajstić information content (AvgIpc) is 2.58. The largest absolute Gasteiger partial charge is 0.207 e. The van der Waals surface area contributed by atoms with Crippen molar-refractivity contribution in [1.82, 2.24) is 0 Å². The Kier molecular flexibility index (Phi) is 4.77. The summed E-state index contributed by atoms with van der Waals surface area (Å²) in [4.78, 5) is 0. The monoisotopic (exact) mass is 309 g/mol. The van der Waals surface area contributed by atoms with E-state index in [1.54, 1.807) is 13.0 Å². The van der Waals surface area contributed by atoms with Crippen LogP contribution in [0.25, 0.3) is 11.1 Å². The molecule has 0 N–H and O–H groups in total. The van der Waals surface area contributed by atoms with Gasteiger partial charge in [-0.15, -0.1) is 0 Å².